The highest BCUT2D eigenvalue weighted by Crippen LogP contribution is 2.16. The van der Waals surface area contributed by atoms with Crippen LogP contribution in [0.3, 0.4) is 0 Å². The Morgan fingerprint density at radius 2 is 1.75 bits per heavy atom. The summed E-state index contributed by atoms with van der Waals surface area (Å²) in [6.07, 6.45) is 3.03. The minimum atomic E-state index is -3.42. The van der Waals surface area contributed by atoms with Crippen LogP contribution < -0.4 is 5.32 Å². The lowest BCUT2D eigenvalue weighted by molar-refractivity contribution is -0.115. The number of likely N-dealkylation sites (N-methyl/N-ethyl adjacent to an activating group) is 1. The van der Waals surface area contributed by atoms with Crippen LogP contribution in [0.15, 0.2) is 35.2 Å². The average Bonchev–Trinajstić information content (AvgIpc) is 2.46. The van der Waals surface area contributed by atoms with E-state index in [0.29, 0.717) is 13.1 Å². The molecule has 0 aliphatic heterocycles. The van der Waals surface area contributed by atoms with Gasteiger partial charge in [0, 0.05) is 26.2 Å². The summed E-state index contributed by atoms with van der Waals surface area (Å²) in [4.78, 5) is 11.3. The normalized spacial score (nSPS) is 12.0. The van der Waals surface area contributed by atoms with Crippen molar-refractivity contribution in [3.63, 3.8) is 0 Å². The van der Waals surface area contributed by atoms with Crippen LogP contribution in [0.4, 0.5) is 0 Å². The number of benzene rings is 1. The molecule has 0 spiro atoms. The highest BCUT2D eigenvalue weighted by atomic mass is 32.2. The van der Waals surface area contributed by atoms with Crippen molar-refractivity contribution in [1.29, 1.82) is 0 Å². The van der Waals surface area contributed by atoms with Crippen molar-refractivity contribution in [2.45, 2.75) is 18.7 Å². The van der Waals surface area contributed by atoms with E-state index in [1.807, 2.05) is 13.8 Å². The van der Waals surface area contributed by atoms with Crippen molar-refractivity contribution >= 4 is 22.0 Å². The minimum Gasteiger partial charge on any atom is -0.356 e. The quantitative estimate of drug-likeness (QED) is 0.809. The maximum Gasteiger partial charge on any atom is 0.243 e. The van der Waals surface area contributed by atoms with Crippen LogP contribution in [-0.4, -0.2) is 38.8 Å². The molecule has 5 nitrogen and oxygen atoms in total. The first-order chi connectivity index (χ1) is 9.45. The Labute approximate surface area is 120 Å². The Morgan fingerprint density at radius 1 is 1.20 bits per heavy atom. The third kappa shape index (κ3) is 3.91. The molecule has 0 aromatic heterocycles. The molecule has 1 amide bonds. The highest BCUT2D eigenvalue weighted by molar-refractivity contribution is 7.89. The molecule has 0 aliphatic carbocycles. The first-order valence-corrected chi connectivity index (χ1v) is 7.89. The van der Waals surface area contributed by atoms with Crippen LogP contribution in [0.25, 0.3) is 6.08 Å². The molecule has 0 atom stereocenters. The predicted molar refractivity (Wildman–Crippen MR) is 79.6 cm³/mol. The summed E-state index contributed by atoms with van der Waals surface area (Å²) in [5.41, 5.74) is 0.770. The van der Waals surface area contributed by atoms with Crippen LogP contribution in [0.5, 0.6) is 0 Å². The molecule has 0 saturated heterocycles. The Hall–Kier alpha value is -1.66. The second-order valence-electron chi connectivity index (χ2n) is 4.11. The van der Waals surface area contributed by atoms with Gasteiger partial charge in [0.15, 0.2) is 0 Å². The van der Waals surface area contributed by atoms with E-state index >= 15 is 0 Å². The van der Waals surface area contributed by atoms with Gasteiger partial charge in [-0.25, -0.2) is 8.42 Å². The maximum atomic E-state index is 12.3. The summed E-state index contributed by atoms with van der Waals surface area (Å²) in [5.74, 6) is -0.204. The van der Waals surface area contributed by atoms with Crippen LogP contribution >= 0.6 is 0 Å². The van der Waals surface area contributed by atoms with Crippen molar-refractivity contribution in [2.24, 2.45) is 0 Å². The Kier molecular flexibility index (Phi) is 5.91. The van der Waals surface area contributed by atoms with E-state index in [1.165, 1.54) is 10.4 Å². The van der Waals surface area contributed by atoms with Gasteiger partial charge in [-0.05, 0) is 23.8 Å². The zero-order valence-electron chi connectivity index (χ0n) is 12.0. The fourth-order valence-electron chi connectivity index (χ4n) is 1.72. The van der Waals surface area contributed by atoms with E-state index in [0.717, 1.165) is 5.56 Å². The molecule has 1 aromatic rings. The maximum absolute atomic E-state index is 12.3. The number of amides is 1. The molecule has 110 valence electrons. The van der Waals surface area contributed by atoms with Gasteiger partial charge in [0.05, 0.1) is 4.90 Å². The molecular weight excluding hydrogens is 276 g/mol. The third-order valence-electron chi connectivity index (χ3n) is 2.90. The fraction of sp³-hybridized carbons (Fsp3) is 0.357. The van der Waals surface area contributed by atoms with Crippen LogP contribution in [0, 0.1) is 0 Å². The van der Waals surface area contributed by atoms with Gasteiger partial charge in [0.25, 0.3) is 0 Å². The summed E-state index contributed by atoms with van der Waals surface area (Å²) in [7, 11) is -1.88. The molecule has 0 saturated carbocycles. The topological polar surface area (TPSA) is 66.5 Å². The molecule has 0 fully saturated rings. The smallest absolute Gasteiger partial charge is 0.243 e. The van der Waals surface area contributed by atoms with Gasteiger partial charge >= 0.3 is 0 Å². The lowest BCUT2D eigenvalue weighted by atomic mass is 10.2. The Morgan fingerprint density at radius 3 is 2.20 bits per heavy atom. The number of hydrogen-bond acceptors (Lipinski definition) is 3. The number of sulfonamides is 1. The molecule has 0 bridgehead atoms. The fourth-order valence-corrected chi connectivity index (χ4v) is 3.18. The minimum absolute atomic E-state index is 0.204. The summed E-state index contributed by atoms with van der Waals surface area (Å²) < 4.78 is 25.9. The Balaban J connectivity index is 2.97. The predicted octanol–water partition coefficient (Wildman–Crippen LogP) is 1.48. The van der Waals surface area contributed by atoms with Crippen molar-refractivity contribution < 1.29 is 13.2 Å². The van der Waals surface area contributed by atoms with Gasteiger partial charge in [0.2, 0.25) is 15.9 Å². The second kappa shape index (κ2) is 7.21. The number of hydrogen-bond donors (Lipinski definition) is 1. The SMILES string of the molecule is CCN(CC)S(=O)(=O)c1ccc(/C=C/C(=O)NC)cc1. The summed E-state index contributed by atoms with van der Waals surface area (Å²) in [6, 6.07) is 6.46. The lowest BCUT2D eigenvalue weighted by Crippen LogP contribution is -2.30. The highest BCUT2D eigenvalue weighted by Gasteiger charge is 2.20. The van der Waals surface area contributed by atoms with Gasteiger partial charge in [-0.3, -0.25) is 4.79 Å². The monoisotopic (exact) mass is 296 g/mol. The molecule has 6 heteroatoms. The van der Waals surface area contributed by atoms with Crippen LogP contribution in [0.2, 0.25) is 0 Å². The number of nitrogens with one attached hydrogen (secondary N) is 1. The first kappa shape index (κ1) is 16.4. The third-order valence-corrected chi connectivity index (χ3v) is 4.96. The Bertz CT molecular complexity index is 573. The molecule has 1 N–H and O–H groups in total. The summed E-state index contributed by atoms with van der Waals surface area (Å²) in [5, 5.41) is 2.47. The molecule has 1 aromatic carbocycles. The van der Waals surface area contributed by atoms with Crippen LogP contribution in [0.1, 0.15) is 19.4 Å². The number of carbonyl (C=O) groups is 1. The molecule has 20 heavy (non-hydrogen) atoms. The molecule has 0 heterocycles. The lowest BCUT2D eigenvalue weighted by Gasteiger charge is -2.18. The molecule has 0 aliphatic rings. The van der Waals surface area contributed by atoms with E-state index in [2.05, 4.69) is 5.32 Å². The van der Waals surface area contributed by atoms with Gasteiger partial charge < -0.3 is 5.32 Å². The van der Waals surface area contributed by atoms with E-state index in [-0.39, 0.29) is 10.8 Å². The standard InChI is InChI=1S/C14H20N2O3S/c1-4-16(5-2)20(18,19)13-9-6-12(7-10-13)8-11-14(17)15-3/h6-11H,4-5H2,1-3H3,(H,15,17)/b11-8+. The molecule has 0 unspecified atom stereocenters. The zero-order valence-corrected chi connectivity index (χ0v) is 12.8. The van der Waals surface area contributed by atoms with E-state index < -0.39 is 10.0 Å². The first-order valence-electron chi connectivity index (χ1n) is 6.45. The van der Waals surface area contributed by atoms with E-state index in [4.69, 9.17) is 0 Å². The summed E-state index contributed by atoms with van der Waals surface area (Å²) >= 11 is 0. The average molecular weight is 296 g/mol. The van der Waals surface area contributed by atoms with Crippen molar-refractivity contribution in [3.05, 3.63) is 35.9 Å². The number of nitrogens with zero attached hydrogens (tertiary/aromatic N) is 1. The van der Waals surface area contributed by atoms with Gasteiger partial charge in [-0.15, -0.1) is 0 Å². The van der Waals surface area contributed by atoms with Crippen molar-refractivity contribution in [2.75, 3.05) is 20.1 Å². The van der Waals surface area contributed by atoms with Crippen molar-refractivity contribution in [3.8, 4) is 0 Å². The van der Waals surface area contributed by atoms with Gasteiger partial charge in [-0.1, -0.05) is 26.0 Å². The van der Waals surface area contributed by atoms with Gasteiger partial charge in [-0.2, -0.15) is 4.31 Å². The van der Waals surface area contributed by atoms with Crippen LogP contribution in [-0.2, 0) is 14.8 Å². The summed E-state index contributed by atoms with van der Waals surface area (Å²) in [6.45, 7) is 4.50. The zero-order chi connectivity index (χ0) is 15.2. The molecule has 0 radical (unpaired) electrons. The number of rotatable bonds is 6. The van der Waals surface area contributed by atoms with Crippen molar-refractivity contribution in [1.82, 2.24) is 9.62 Å². The molecule has 1 rings (SSSR count). The van der Waals surface area contributed by atoms with E-state index in [1.54, 1.807) is 37.4 Å². The largest absolute Gasteiger partial charge is 0.356 e. The molecular formula is C14H20N2O3S. The second-order valence-corrected chi connectivity index (χ2v) is 6.04. The number of carbonyl (C=O) groups excluding carboxylic acids is 1. The van der Waals surface area contributed by atoms with E-state index in [9.17, 15) is 13.2 Å². The van der Waals surface area contributed by atoms with Gasteiger partial charge in [0.1, 0.15) is 0 Å².